The largest absolute Gasteiger partial charge is 0.497 e. The number of ether oxygens (including phenoxy) is 2. The fourth-order valence-electron chi connectivity index (χ4n) is 4.80. The molecule has 2 amide bonds. The number of nitrogens with zero attached hydrogens (tertiary/aromatic N) is 1. The van der Waals surface area contributed by atoms with Gasteiger partial charge in [0.05, 0.1) is 7.11 Å². The third kappa shape index (κ3) is 6.13. The van der Waals surface area contributed by atoms with Crippen molar-refractivity contribution < 1.29 is 19.1 Å². The van der Waals surface area contributed by atoms with Gasteiger partial charge >= 0.3 is 0 Å². The van der Waals surface area contributed by atoms with Gasteiger partial charge in [0.25, 0.3) is 5.91 Å². The van der Waals surface area contributed by atoms with Gasteiger partial charge in [0.15, 0.2) is 6.61 Å². The Labute approximate surface area is 207 Å². The van der Waals surface area contributed by atoms with Crippen molar-refractivity contribution in [3.63, 3.8) is 0 Å². The molecule has 3 aromatic carbocycles. The van der Waals surface area contributed by atoms with Gasteiger partial charge in [0, 0.05) is 18.0 Å². The maximum absolute atomic E-state index is 13.5. The molecule has 0 unspecified atom stereocenters. The highest BCUT2D eigenvalue weighted by molar-refractivity contribution is 5.90. The van der Waals surface area contributed by atoms with Gasteiger partial charge in [0.2, 0.25) is 5.91 Å². The number of amides is 2. The molecular weight excluding hydrogens is 440 g/mol. The summed E-state index contributed by atoms with van der Waals surface area (Å²) in [4.78, 5) is 28.5. The topological polar surface area (TPSA) is 67.9 Å². The molecule has 1 aliphatic carbocycles. The van der Waals surface area contributed by atoms with Crippen molar-refractivity contribution in [1.82, 2.24) is 10.2 Å². The summed E-state index contributed by atoms with van der Waals surface area (Å²) in [5.41, 5.74) is 0.898. The zero-order valence-corrected chi connectivity index (χ0v) is 20.5. The van der Waals surface area contributed by atoms with E-state index in [1.807, 2.05) is 73.7 Å². The lowest BCUT2D eigenvalue weighted by molar-refractivity contribution is -0.143. The quantitative estimate of drug-likeness (QED) is 0.444. The van der Waals surface area contributed by atoms with Gasteiger partial charge in [-0.25, -0.2) is 0 Å². The minimum atomic E-state index is -0.578. The molecular formula is C29H34N2O4. The molecule has 1 fully saturated rings. The van der Waals surface area contributed by atoms with Crippen LogP contribution in [0.4, 0.5) is 0 Å². The van der Waals surface area contributed by atoms with Crippen LogP contribution >= 0.6 is 0 Å². The molecule has 1 atom stereocenters. The lowest BCUT2D eigenvalue weighted by Crippen LogP contribution is -2.52. The van der Waals surface area contributed by atoms with E-state index in [9.17, 15) is 9.59 Å². The highest BCUT2D eigenvalue weighted by atomic mass is 16.5. The summed E-state index contributed by atoms with van der Waals surface area (Å²) in [5, 5.41) is 5.17. The number of hydrogen-bond acceptors (Lipinski definition) is 4. The van der Waals surface area contributed by atoms with Crippen molar-refractivity contribution in [3.8, 4) is 11.5 Å². The van der Waals surface area contributed by atoms with E-state index < -0.39 is 6.04 Å². The van der Waals surface area contributed by atoms with Crippen LogP contribution in [0.2, 0.25) is 0 Å². The number of hydrogen-bond donors (Lipinski definition) is 1. The molecule has 4 rings (SSSR count). The minimum Gasteiger partial charge on any atom is -0.497 e. The minimum absolute atomic E-state index is 0.0965. The third-order valence-electron chi connectivity index (χ3n) is 6.68. The molecule has 6 heteroatoms. The Balaban J connectivity index is 1.55. The predicted octanol–water partition coefficient (Wildman–Crippen LogP) is 5.09. The number of nitrogens with one attached hydrogen (secondary N) is 1. The van der Waals surface area contributed by atoms with Gasteiger partial charge in [-0.05, 0) is 48.4 Å². The summed E-state index contributed by atoms with van der Waals surface area (Å²) in [6.45, 7) is 2.09. The molecule has 0 aromatic heterocycles. The van der Waals surface area contributed by atoms with Crippen molar-refractivity contribution in [3.05, 3.63) is 72.3 Å². The number of benzene rings is 3. The smallest absolute Gasteiger partial charge is 0.261 e. The van der Waals surface area contributed by atoms with Crippen molar-refractivity contribution in [2.24, 2.45) is 0 Å². The number of methoxy groups -OCH3 is 1. The number of carbonyl (C=O) groups excluding carboxylic acids is 2. The first kappa shape index (κ1) is 24.6. The maximum Gasteiger partial charge on any atom is 0.261 e. The van der Waals surface area contributed by atoms with Crippen molar-refractivity contribution in [2.45, 2.75) is 57.7 Å². The van der Waals surface area contributed by atoms with Gasteiger partial charge in [-0.2, -0.15) is 0 Å². The Morgan fingerprint density at radius 1 is 1.03 bits per heavy atom. The molecule has 0 bridgehead atoms. The molecule has 184 valence electrons. The second-order valence-corrected chi connectivity index (χ2v) is 9.05. The van der Waals surface area contributed by atoms with Gasteiger partial charge in [-0.1, -0.05) is 68.3 Å². The van der Waals surface area contributed by atoms with E-state index in [1.54, 1.807) is 12.0 Å². The van der Waals surface area contributed by atoms with Crippen LogP contribution in [-0.2, 0) is 16.1 Å². The monoisotopic (exact) mass is 474 g/mol. The van der Waals surface area contributed by atoms with E-state index in [1.165, 1.54) is 0 Å². The van der Waals surface area contributed by atoms with Gasteiger partial charge in [0.1, 0.15) is 17.5 Å². The summed E-state index contributed by atoms with van der Waals surface area (Å²) < 4.78 is 11.4. The standard InChI is InChI=1S/C29H34N2O4/c1-3-26(29(33)30-23-13-5-6-14-23)31(19-21-10-8-15-24(18-21)34-2)28(32)20-35-27-17-9-12-22-11-4-7-16-25(22)27/h4,7-12,15-18,23,26H,3,5-6,13-14,19-20H2,1-2H3,(H,30,33)/t26-/m0/s1. The van der Waals surface area contributed by atoms with Crippen LogP contribution in [0.1, 0.15) is 44.6 Å². The Morgan fingerprint density at radius 2 is 1.77 bits per heavy atom. The Hall–Kier alpha value is -3.54. The summed E-state index contributed by atoms with van der Waals surface area (Å²) in [6.07, 6.45) is 4.77. The van der Waals surface area contributed by atoms with E-state index in [2.05, 4.69) is 5.32 Å². The first-order chi connectivity index (χ1) is 17.1. The molecule has 6 nitrogen and oxygen atoms in total. The Kier molecular flexibility index (Phi) is 8.24. The maximum atomic E-state index is 13.5. The second kappa shape index (κ2) is 11.7. The zero-order chi connectivity index (χ0) is 24.6. The molecule has 1 N–H and O–H groups in total. The number of fused-ring (bicyclic) bond motifs is 1. The van der Waals surface area contributed by atoms with Crippen LogP contribution in [-0.4, -0.2) is 42.5 Å². The van der Waals surface area contributed by atoms with E-state index in [0.717, 1.165) is 42.0 Å². The molecule has 35 heavy (non-hydrogen) atoms. The fourth-order valence-corrected chi connectivity index (χ4v) is 4.80. The molecule has 3 aromatic rings. The van der Waals surface area contributed by atoms with E-state index in [4.69, 9.17) is 9.47 Å². The molecule has 0 saturated heterocycles. The molecule has 1 saturated carbocycles. The summed E-state index contributed by atoms with van der Waals surface area (Å²) in [6, 6.07) is 20.9. The van der Waals surface area contributed by atoms with Crippen molar-refractivity contribution in [2.75, 3.05) is 13.7 Å². The SMILES string of the molecule is CC[C@@H](C(=O)NC1CCCC1)N(Cc1cccc(OC)c1)C(=O)COc1cccc2ccccc12. The molecule has 0 radical (unpaired) electrons. The van der Waals surface area contributed by atoms with Crippen LogP contribution in [0.5, 0.6) is 11.5 Å². The first-order valence-electron chi connectivity index (χ1n) is 12.4. The van der Waals surface area contributed by atoms with E-state index >= 15 is 0 Å². The van der Waals surface area contributed by atoms with Crippen LogP contribution in [0.15, 0.2) is 66.7 Å². The summed E-state index contributed by atoms with van der Waals surface area (Å²) >= 11 is 0. The molecule has 0 aliphatic heterocycles. The lowest BCUT2D eigenvalue weighted by atomic mass is 10.1. The average molecular weight is 475 g/mol. The van der Waals surface area contributed by atoms with Crippen molar-refractivity contribution in [1.29, 1.82) is 0 Å². The normalized spacial score (nSPS) is 14.5. The predicted molar refractivity (Wildman–Crippen MR) is 137 cm³/mol. The summed E-state index contributed by atoms with van der Waals surface area (Å²) in [5.74, 6) is 1.04. The van der Waals surface area contributed by atoms with Gasteiger partial charge in [-0.15, -0.1) is 0 Å². The van der Waals surface area contributed by atoms with Crippen LogP contribution in [0, 0.1) is 0 Å². The van der Waals surface area contributed by atoms with Crippen LogP contribution in [0.3, 0.4) is 0 Å². The number of rotatable bonds is 10. The highest BCUT2D eigenvalue weighted by Crippen LogP contribution is 2.26. The number of carbonyl (C=O) groups is 2. The second-order valence-electron chi connectivity index (χ2n) is 9.05. The average Bonchev–Trinajstić information content (AvgIpc) is 3.40. The van der Waals surface area contributed by atoms with Crippen LogP contribution in [0.25, 0.3) is 10.8 Å². The first-order valence-corrected chi connectivity index (χ1v) is 12.4. The molecule has 0 heterocycles. The lowest BCUT2D eigenvalue weighted by Gasteiger charge is -2.31. The Morgan fingerprint density at radius 3 is 2.54 bits per heavy atom. The van der Waals surface area contributed by atoms with Crippen LogP contribution < -0.4 is 14.8 Å². The summed E-state index contributed by atoms with van der Waals surface area (Å²) in [7, 11) is 1.62. The van der Waals surface area contributed by atoms with Gasteiger partial charge < -0.3 is 19.7 Å². The Bertz CT molecular complexity index is 1150. The van der Waals surface area contributed by atoms with Gasteiger partial charge in [-0.3, -0.25) is 9.59 Å². The van der Waals surface area contributed by atoms with Crippen molar-refractivity contribution >= 4 is 22.6 Å². The molecule has 1 aliphatic rings. The highest BCUT2D eigenvalue weighted by Gasteiger charge is 2.31. The zero-order valence-electron chi connectivity index (χ0n) is 20.5. The third-order valence-corrected chi connectivity index (χ3v) is 6.68. The van der Waals surface area contributed by atoms with E-state index in [-0.39, 0.29) is 24.5 Å². The molecule has 0 spiro atoms. The van der Waals surface area contributed by atoms with E-state index in [0.29, 0.717) is 24.5 Å². The fraction of sp³-hybridized carbons (Fsp3) is 0.379.